The molecule has 0 aliphatic heterocycles. The molecule has 5 heteroatoms. The van der Waals surface area contributed by atoms with Crippen molar-refractivity contribution >= 4 is 6.09 Å². The van der Waals surface area contributed by atoms with Gasteiger partial charge in [0, 0.05) is 13.0 Å². The number of aryl methyl sites for hydroxylation is 1. The van der Waals surface area contributed by atoms with Gasteiger partial charge < -0.3 is 14.6 Å². The lowest BCUT2D eigenvalue weighted by Gasteiger charge is -2.22. The Kier molecular flexibility index (Phi) is 5.63. The molecule has 1 aromatic heterocycles. The molecule has 5 nitrogen and oxygen atoms in total. The largest absolute Gasteiger partial charge is 0.444 e. The minimum atomic E-state index is -0.499. The normalized spacial score (nSPS) is 12.2. The third-order valence-corrected chi connectivity index (χ3v) is 2.58. The van der Waals surface area contributed by atoms with Crippen LogP contribution in [0.25, 0.3) is 0 Å². The lowest BCUT2D eigenvalue weighted by molar-refractivity contribution is 0.0506. The first-order valence-corrected chi connectivity index (χ1v) is 6.72. The summed E-state index contributed by atoms with van der Waals surface area (Å²) >= 11 is 0. The van der Waals surface area contributed by atoms with Crippen LogP contribution in [0, 0.1) is 11.8 Å². The fourth-order valence-corrected chi connectivity index (χ4v) is 1.74. The SMILES string of the molecule is CC#CCCn1cncc1[C@@H](C)NC(=O)OC(C)(C)C. The Morgan fingerprint density at radius 1 is 1.55 bits per heavy atom. The summed E-state index contributed by atoms with van der Waals surface area (Å²) in [5.41, 5.74) is 0.439. The van der Waals surface area contributed by atoms with E-state index in [1.165, 1.54) is 0 Å². The maximum absolute atomic E-state index is 11.8. The van der Waals surface area contributed by atoms with Gasteiger partial charge in [0.2, 0.25) is 0 Å². The number of nitrogens with zero attached hydrogens (tertiary/aromatic N) is 2. The van der Waals surface area contributed by atoms with Crippen molar-refractivity contribution in [3.8, 4) is 11.8 Å². The molecule has 0 unspecified atom stereocenters. The molecule has 0 saturated carbocycles. The molecule has 0 aromatic carbocycles. The van der Waals surface area contributed by atoms with Gasteiger partial charge in [0.15, 0.2) is 0 Å². The zero-order valence-electron chi connectivity index (χ0n) is 12.9. The number of hydrogen-bond donors (Lipinski definition) is 1. The van der Waals surface area contributed by atoms with Gasteiger partial charge in [0.1, 0.15) is 5.60 Å². The summed E-state index contributed by atoms with van der Waals surface area (Å²) in [6, 6.07) is -0.165. The Bertz CT molecular complexity index is 503. The van der Waals surface area contributed by atoms with Gasteiger partial charge in [-0.15, -0.1) is 11.8 Å². The van der Waals surface area contributed by atoms with E-state index in [1.54, 1.807) is 12.5 Å². The summed E-state index contributed by atoms with van der Waals surface area (Å²) in [6.45, 7) is 10.0. The Hall–Kier alpha value is -1.96. The van der Waals surface area contributed by atoms with Gasteiger partial charge in [-0.3, -0.25) is 0 Å². The van der Waals surface area contributed by atoms with Crippen molar-refractivity contribution in [3.05, 3.63) is 18.2 Å². The van der Waals surface area contributed by atoms with Crippen molar-refractivity contribution in [1.29, 1.82) is 0 Å². The number of carbonyl (C=O) groups is 1. The quantitative estimate of drug-likeness (QED) is 0.861. The third-order valence-electron chi connectivity index (χ3n) is 2.58. The van der Waals surface area contributed by atoms with Crippen LogP contribution >= 0.6 is 0 Å². The molecule has 0 bridgehead atoms. The molecule has 0 spiro atoms. The second-order valence-corrected chi connectivity index (χ2v) is 5.56. The van der Waals surface area contributed by atoms with Crippen molar-refractivity contribution in [2.75, 3.05) is 0 Å². The van der Waals surface area contributed by atoms with Crippen molar-refractivity contribution < 1.29 is 9.53 Å². The molecule has 1 rings (SSSR count). The molecular formula is C15H23N3O2. The van der Waals surface area contributed by atoms with Crippen molar-refractivity contribution in [3.63, 3.8) is 0 Å². The van der Waals surface area contributed by atoms with Gasteiger partial charge in [-0.1, -0.05) is 0 Å². The lowest BCUT2D eigenvalue weighted by atomic mass is 10.2. The molecule has 0 radical (unpaired) electrons. The van der Waals surface area contributed by atoms with E-state index in [0.29, 0.717) is 0 Å². The molecule has 0 saturated heterocycles. The summed E-state index contributed by atoms with van der Waals surface area (Å²) in [5, 5.41) is 2.81. The van der Waals surface area contributed by atoms with Gasteiger partial charge in [-0.25, -0.2) is 9.78 Å². The summed E-state index contributed by atoms with van der Waals surface area (Å²) < 4.78 is 7.24. The standard InChI is InChI=1S/C15H23N3O2/c1-6-7-8-9-18-11-16-10-13(18)12(2)17-14(19)20-15(3,4)5/h10-12H,8-9H2,1-5H3,(H,17,19)/t12-/m1/s1. The Morgan fingerprint density at radius 3 is 2.85 bits per heavy atom. The maximum Gasteiger partial charge on any atom is 0.408 e. The molecule has 1 heterocycles. The van der Waals surface area contributed by atoms with E-state index in [1.807, 2.05) is 39.2 Å². The number of ether oxygens (including phenoxy) is 1. The summed E-state index contributed by atoms with van der Waals surface area (Å²) in [4.78, 5) is 15.9. The van der Waals surface area contributed by atoms with E-state index in [9.17, 15) is 4.79 Å². The molecule has 110 valence electrons. The summed E-state index contributed by atoms with van der Waals surface area (Å²) in [5.74, 6) is 5.88. The second-order valence-electron chi connectivity index (χ2n) is 5.56. The van der Waals surface area contributed by atoms with Crippen LogP contribution in [-0.2, 0) is 11.3 Å². The van der Waals surface area contributed by atoms with E-state index in [0.717, 1.165) is 18.7 Å². The molecule has 1 atom stereocenters. The topological polar surface area (TPSA) is 56.2 Å². The summed E-state index contributed by atoms with van der Waals surface area (Å²) in [7, 11) is 0. The fraction of sp³-hybridized carbons (Fsp3) is 0.600. The van der Waals surface area contributed by atoms with Crippen LogP contribution in [0.3, 0.4) is 0 Å². The number of aromatic nitrogens is 2. The predicted octanol–water partition coefficient (Wildman–Crippen LogP) is 2.88. The number of hydrogen-bond acceptors (Lipinski definition) is 3. The zero-order valence-corrected chi connectivity index (χ0v) is 12.9. The van der Waals surface area contributed by atoms with Gasteiger partial charge in [0.25, 0.3) is 0 Å². The zero-order chi connectivity index (χ0) is 15.2. The first-order chi connectivity index (χ1) is 9.33. The molecule has 0 aliphatic carbocycles. The third kappa shape index (κ3) is 5.35. The molecule has 1 aromatic rings. The molecule has 20 heavy (non-hydrogen) atoms. The van der Waals surface area contributed by atoms with E-state index in [2.05, 4.69) is 22.1 Å². The number of rotatable bonds is 4. The lowest BCUT2D eigenvalue weighted by Crippen LogP contribution is -2.34. The average Bonchev–Trinajstić information content (AvgIpc) is 2.75. The minimum absolute atomic E-state index is 0.165. The number of nitrogens with one attached hydrogen (secondary N) is 1. The summed E-state index contributed by atoms with van der Waals surface area (Å²) in [6.07, 6.45) is 3.84. The Morgan fingerprint density at radius 2 is 2.25 bits per heavy atom. The van der Waals surface area contributed by atoms with Crippen LogP contribution in [0.5, 0.6) is 0 Å². The van der Waals surface area contributed by atoms with Gasteiger partial charge in [-0.2, -0.15) is 0 Å². The van der Waals surface area contributed by atoms with E-state index >= 15 is 0 Å². The fourth-order valence-electron chi connectivity index (χ4n) is 1.74. The van der Waals surface area contributed by atoms with Crippen molar-refractivity contribution in [1.82, 2.24) is 14.9 Å². The smallest absolute Gasteiger partial charge is 0.408 e. The van der Waals surface area contributed by atoms with Crippen LogP contribution < -0.4 is 5.32 Å². The van der Waals surface area contributed by atoms with Crippen LogP contribution in [0.1, 0.15) is 52.8 Å². The van der Waals surface area contributed by atoms with Crippen LogP contribution in [0.4, 0.5) is 4.79 Å². The molecule has 1 amide bonds. The van der Waals surface area contributed by atoms with Gasteiger partial charge in [-0.05, 0) is 34.6 Å². The van der Waals surface area contributed by atoms with Crippen molar-refractivity contribution in [2.24, 2.45) is 0 Å². The van der Waals surface area contributed by atoms with Crippen LogP contribution in [-0.4, -0.2) is 21.2 Å². The number of amides is 1. The highest BCUT2D eigenvalue weighted by atomic mass is 16.6. The van der Waals surface area contributed by atoms with E-state index in [4.69, 9.17) is 4.74 Å². The van der Waals surface area contributed by atoms with Crippen molar-refractivity contribution in [2.45, 2.75) is 59.2 Å². The molecule has 0 fully saturated rings. The van der Waals surface area contributed by atoms with Gasteiger partial charge in [0.05, 0.1) is 24.3 Å². The predicted molar refractivity (Wildman–Crippen MR) is 78.1 cm³/mol. The highest BCUT2D eigenvalue weighted by Crippen LogP contribution is 2.14. The van der Waals surface area contributed by atoms with E-state index < -0.39 is 11.7 Å². The van der Waals surface area contributed by atoms with Crippen LogP contribution in [0.2, 0.25) is 0 Å². The second kappa shape index (κ2) is 6.99. The van der Waals surface area contributed by atoms with E-state index in [-0.39, 0.29) is 6.04 Å². The maximum atomic E-state index is 11.8. The molecule has 1 N–H and O–H groups in total. The first-order valence-electron chi connectivity index (χ1n) is 6.72. The van der Waals surface area contributed by atoms with Crippen LogP contribution in [0.15, 0.2) is 12.5 Å². The highest BCUT2D eigenvalue weighted by Gasteiger charge is 2.19. The molecule has 0 aliphatic rings. The number of imidazole rings is 1. The van der Waals surface area contributed by atoms with Gasteiger partial charge >= 0.3 is 6.09 Å². The monoisotopic (exact) mass is 277 g/mol. The number of carbonyl (C=O) groups excluding carboxylic acids is 1. The minimum Gasteiger partial charge on any atom is -0.444 e. The number of alkyl carbamates (subject to hydrolysis) is 1. The molecular weight excluding hydrogens is 254 g/mol. The first kappa shape index (κ1) is 16.1. The average molecular weight is 277 g/mol. The Balaban J connectivity index is 2.63. The Labute approximate surface area is 120 Å². The highest BCUT2D eigenvalue weighted by molar-refractivity contribution is 5.68.